The van der Waals surface area contributed by atoms with Gasteiger partial charge >= 0.3 is 0 Å². The molecule has 0 amide bonds. The van der Waals surface area contributed by atoms with Gasteiger partial charge in [0.1, 0.15) is 5.82 Å². The van der Waals surface area contributed by atoms with Crippen LogP contribution in [0.1, 0.15) is 18.5 Å². The Hall–Kier alpha value is -2.92. The standard InChI is InChI=1S/C22H25N5/c1-17(18-8-10-24-11-9-18)26-12-14-27(15-13-26)22-7-3-6-21(25-22)19-4-2-5-20(23)16-19/h2-11,16-17H,12-15,23H2,1H3. The lowest BCUT2D eigenvalue weighted by Crippen LogP contribution is -2.47. The number of aromatic nitrogens is 2. The zero-order valence-corrected chi connectivity index (χ0v) is 15.6. The first kappa shape index (κ1) is 17.5. The molecule has 1 aromatic carbocycles. The Morgan fingerprint density at radius 2 is 1.67 bits per heavy atom. The molecule has 1 saturated heterocycles. The summed E-state index contributed by atoms with van der Waals surface area (Å²) in [6, 6.07) is 18.7. The van der Waals surface area contributed by atoms with Crippen molar-refractivity contribution in [3.63, 3.8) is 0 Å². The van der Waals surface area contributed by atoms with Crippen molar-refractivity contribution in [1.82, 2.24) is 14.9 Å². The first-order valence-corrected chi connectivity index (χ1v) is 9.42. The average Bonchev–Trinajstić information content (AvgIpc) is 2.74. The number of hydrogen-bond acceptors (Lipinski definition) is 5. The molecule has 138 valence electrons. The smallest absolute Gasteiger partial charge is 0.129 e. The third-order valence-electron chi connectivity index (χ3n) is 5.29. The molecule has 1 fully saturated rings. The third kappa shape index (κ3) is 3.93. The van der Waals surface area contributed by atoms with Gasteiger partial charge in [-0.15, -0.1) is 0 Å². The highest BCUT2D eigenvalue weighted by molar-refractivity contribution is 5.65. The van der Waals surface area contributed by atoms with Crippen LogP contribution in [0.25, 0.3) is 11.3 Å². The molecule has 2 aromatic heterocycles. The highest BCUT2D eigenvalue weighted by Crippen LogP contribution is 2.25. The van der Waals surface area contributed by atoms with Crippen LogP contribution in [-0.4, -0.2) is 41.0 Å². The topological polar surface area (TPSA) is 58.3 Å². The van der Waals surface area contributed by atoms with Gasteiger partial charge in [-0.3, -0.25) is 9.88 Å². The van der Waals surface area contributed by atoms with Crippen LogP contribution in [0.3, 0.4) is 0 Å². The number of nitrogens with two attached hydrogens (primary N) is 1. The fourth-order valence-electron chi connectivity index (χ4n) is 3.65. The Balaban J connectivity index is 1.45. The van der Waals surface area contributed by atoms with E-state index in [1.165, 1.54) is 5.56 Å². The molecule has 3 heterocycles. The Bertz CT molecular complexity index is 888. The molecule has 5 nitrogen and oxygen atoms in total. The summed E-state index contributed by atoms with van der Waals surface area (Å²) in [6.07, 6.45) is 3.74. The highest BCUT2D eigenvalue weighted by atomic mass is 15.3. The molecule has 0 aliphatic carbocycles. The van der Waals surface area contributed by atoms with Gasteiger partial charge in [0, 0.05) is 55.9 Å². The summed E-state index contributed by atoms with van der Waals surface area (Å²) in [6.45, 7) is 6.26. The summed E-state index contributed by atoms with van der Waals surface area (Å²) in [5, 5.41) is 0. The molecular weight excluding hydrogens is 334 g/mol. The molecule has 0 spiro atoms. The molecule has 0 radical (unpaired) electrons. The molecule has 1 aliphatic rings. The minimum atomic E-state index is 0.404. The number of benzene rings is 1. The zero-order chi connectivity index (χ0) is 18.6. The summed E-state index contributed by atoms with van der Waals surface area (Å²) in [5.41, 5.74) is 10.0. The first-order chi connectivity index (χ1) is 13.2. The predicted octanol–water partition coefficient (Wildman–Crippen LogP) is 3.61. The molecule has 5 heteroatoms. The fourth-order valence-corrected chi connectivity index (χ4v) is 3.65. The van der Waals surface area contributed by atoms with E-state index < -0.39 is 0 Å². The number of nitrogens with zero attached hydrogens (tertiary/aromatic N) is 4. The number of hydrogen-bond donors (Lipinski definition) is 1. The Morgan fingerprint density at radius 1 is 0.926 bits per heavy atom. The maximum atomic E-state index is 5.92. The molecule has 1 atom stereocenters. The normalized spacial score (nSPS) is 16.3. The van der Waals surface area contributed by atoms with E-state index in [-0.39, 0.29) is 0 Å². The van der Waals surface area contributed by atoms with Gasteiger partial charge < -0.3 is 10.6 Å². The predicted molar refractivity (Wildman–Crippen MR) is 111 cm³/mol. The molecule has 3 aromatic rings. The second-order valence-corrected chi connectivity index (χ2v) is 6.99. The highest BCUT2D eigenvalue weighted by Gasteiger charge is 2.22. The van der Waals surface area contributed by atoms with Crippen molar-refractivity contribution >= 4 is 11.5 Å². The minimum absolute atomic E-state index is 0.404. The van der Waals surface area contributed by atoms with Gasteiger partial charge in [0.15, 0.2) is 0 Å². The van der Waals surface area contributed by atoms with Crippen LogP contribution in [0, 0.1) is 0 Å². The van der Waals surface area contributed by atoms with E-state index in [0.29, 0.717) is 6.04 Å². The van der Waals surface area contributed by atoms with Crippen molar-refractivity contribution < 1.29 is 0 Å². The van der Waals surface area contributed by atoms with Gasteiger partial charge in [-0.1, -0.05) is 18.2 Å². The second-order valence-electron chi connectivity index (χ2n) is 6.99. The number of pyridine rings is 2. The van der Waals surface area contributed by atoms with Gasteiger partial charge in [0.05, 0.1) is 5.69 Å². The van der Waals surface area contributed by atoms with Gasteiger partial charge in [0.25, 0.3) is 0 Å². The third-order valence-corrected chi connectivity index (χ3v) is 5.29. The minimum Gasteiger partial charge on any atom is -0.399 e. The Labute approximate surface area is 160 Å². The second kappa shape index (κ2) is 7.76. The van der Waals surface area contributed by atoms with E-state index in [1.807, 2.05) is 36.7 Å². The Morgan fingerprint density at radius 3 is 2.41 bits per heavy atom. The number of nitrogen functional groups attached to an aromatic ring is 1. The van der Waals surface area contributed by atoms with Crippen molar-refractivity contribution in [3.05, 3.63) is 72.6 Å². The molecule has 4 rings (SSSR count). The van der Waals surface area contributed by atoms with Gasteiger partial charge in [-0.2, -0.15) is 0 Å². The van der Waals surface area contributed by atoms with Crippen molar-refractivity contribution in [2.24, 2.45) is 0 Å². The van der Waals surface area contributed by atoms with Crippen molar-refractivity contribution in [3.8, 4) is 11.3 Å². The summed E-state index contributed by atoms with van der Waals surface area (Å²) in [7, 11) is 0. The van der Waals surface area contributed by atoms with Crippen LogP contribution in [0.2, 0.25) is 0 Å². The fraction of sp³-hybridized carbons (Fsp3) is 0.273. The van der Waals surface area contributed by atoms with E-state index in [4.69, 9.17) is 10.7 Å². The lowest BCUT2D eigenvalue weighted by atomic mass is 10.1. The quantitative estimate of drug-likeness (QED) is 0.721. The molecule has 2 N–H and O–H groups in total. The Kier molecular flexibility index (Phi) is 5.03. The average molecular weight is 359 g/mol. The van der Waals surface area contributed by atoms with Crippen LogP contribution in [0.15, 0.2) is 67.0 Å². The van der Waals surface area contributed by atoms with Crippen LogP contribution in [-0.2, 0) is 0 Å². The monoisotopic (exact) mass is 359 g/mol. The number of rotatable bonds is 4. The van der Waals surface area contributed by atoms with Crippen LogP contribution < -0.4 is 10.6 Å². The van der Waals surface area contributed by atoms with E-state index >= 15 is 0 Å². The molecular formula is C22H25N5. The largest absolute Gasteiger partial charge is 0.399 e. The molecule has 0 bridgehead atoms. The summed E-state index contributed by atoms with van der Waals surface area (Å²) >= 11 is 0. The lowest BCUT2D eigenvalue weighted by Gasteiger charge is -2.38. The summed E-state index contributed by atoms with van der Waals surface area (Å²) in [5.74, 6) is 1.03. The van der Waals surface area contributed by atoms with E-state index in [9.17, 15) is 0 Å². The summed E-state index contributed by atoms with van der Waals surface area (Å²) in [4.78, 5) is 13.9. The van der Waals surface area contributed by atoms with E-state index in [2.05, 4.69) is 52.0 Å². The molecule has 0 saturated carbocycles. The summed E-state index contributed by atoms with van der Waals surface area (Å²) < 4.78 is 0. The molecule has 1 unspecified atom stereocenters. The maximum absolute atomic E-state index is 5.92. The van der Waals surface area contributed by atoms with E-state index in [0.717, 1.165) is 48.9 Å². The maximum Gasteiger partial charge on any atom is 0.129 e. The van der Waals surface area contributed by atoms with E-state index in [1.54, 1.807) is 0 Å². The van der Waals surface area contributed by atoms with Crippen molar-refractivity contribution in [1.29, 1.82) is 0 Å². The van der Waals surface area contributed by atoms with Crippen LogP contribution in [0.5, 0.6) is 0 Å². The number of piperazine rings is 1. The van der Waals surface area contributed by atoms with Gasteiger partial charge in [-0.05, 0) is 48.9 Å². The molecule has 1 aliphatic heterocycles. The van der Waals surface area contributed by atoms with Crippen molar-refractivity contribution in [2.45, 2.75) is 13.0 Å². The zero-order valence-electron chi connectivity index (χ0n) is 15.6. The number of anilines is 2. The van der Waals surface area contributed by atoms with Gasteiger partial charge in [-0.25, -0.2) is 4.98 Å². The SMILES string of the molecule is CC(c1ccncc1)N1CCN(c2cccc(-c3cccc(N)c3)n2)CC1. The van der Waals surface area contributed by atoms with Crippen LogP contribution in [0.4, 0.5) is 11.5 Å². The lowest BCUT2D eigenvalue weighted by molar-refractivity contribution is 0.198. The van der Waals surface area contributed by atoms with Gasteiger partial charge in [0.2, 0.25) is 0 Å². The first-order valence-electron chi connectivity index (χ1n) is 9.42. The molecule has 27 heavy (non-hydrogen) atoms. The van der Waals surface area contributed by atoms with Crippen molar-refractivity contribution in [2.75, 3.05) is 36.8 Å². The van der Waals surface area contributed by atoms with Crippen LogP contribution >= 0.6 is 0 Å².